The number of hydrogen-bond donors (Lipinski definition) is 0. The fourth-order valence-electron chi connectivity index (χ4n) is 2.35. The molecular formula is C11H9F3N2O5S. The fourth-order valence-corrected chi connectivity index (χ4v) is 3.14. The van der Waals surface area contributed by atoms with Crippen molar-refractivity contribution in [1.29, 1.82) is 0 Å². The summed E-state index contributed by atoms with van der Waals surface area (Å²) >= 11 is 0. The number of nitro benzene ring substituents is 1. The molecule has 1 aromatic rings. The third-order valence-corrected chi connectivity index (χ3v) is 3.98. The molecule has 0 aliphatic carbocycles. The van der Waals surface area contributed by atoms with Gasteiger partial charge in [-0.3, -0.25) is 14.9 Å². The van der Waals surface area contributed by atoms with E-state index in [2.05, 4.69) is 0 Å². The van der Waals surface area contributed by atoms with Crippen molar-refractivity contribution < 1.29 is 30.8 Å². The van der Waals surface area contributed by atoms with Gasteiger partial charge in [-0.15, -0.1) is 3.89 Å². The van der Waals surface area contributed by atoms with Gasteiger partial charge >= 0.3 is 10.2 Å². The van der Waals surface area contributed by atoms with Gasteiger partial charge in [0.15, 0.2) is 11.5 Å². The van der Waals surface area contributed by atoms with Crippen LogP contribution in [0.1, 0.15) is 6.42 Å². The van der Waals surface area contributed by atoms with E-state index in [9.17, 15) is 36.0 Å². The molecule has 0 bridgehead atoms. The van der Waals surface area contributed by atoms with E-state index in [0.717, 1.165) is 0 Å². The first kappa shape index (κ1) is 16.2. The summed E-state index contributed by atoms with van der Waals surface area (Å²) in [7, 11) is -4.85. The van der Waals surface area contributed by atoms with Crippen molar-refractivity contribution in [2.45, 2.75) is 6.42 Å². The van der Waals surface area contributed by atoms with Gasteiger partial charge in [-0.1, -0.05) is 0 Å². The van der Waals surface area contributed by atoms with Gasteiger partial charge < -0.3 is 4.90 Å². The second-order valence-corrected chi connectivity index (χ2v) is 6.20. The number of amides is 1. The maximum absolute atomic E-state index is 13.8. The summed E-state index contributed by atoms with van der Waals surface area (Å²) in [5.74, 6) is -5.24. The average Bonchev–Trinajstić information content (AvgIpc) is 2.66. The second-order valence-electron chi connectivity index (χ2n) is 4.79. The number of nitrogens with zero attached hydrogens (tertiary/aromatic N) is 2. The number of benzene rings is 1. The Hall–Kier alpha value is -2.17. The van der Waals surface area contributed by atoms with Crippen molar-refractivity contribution in [3.05, 3.63) is 33.9 Å². The first-order chi connectivity index (χ1) is 10.1. The molecule has 0 radical (unpaired) electrons. The summed E-state index contributed by atoms with van der Waals surface area (Å²) in [5.41, 5.74) is -1.72. The topological polar surface area (TPSA) is 97.6 Å². The SMILES string of the molecule is O=C1CC(CS(=O)(=O)F)CN1c1c(F)cc(F)cc1[N+](=O)[O-]. The minimum atomic E-state index is -4.85. The van der Waals surface area contributed by atoms with Crippen LogP contribution in [0.4, 0.5) is 24.0 Å². The maximum atomic E-state index is 13.8. The number of rotatable bonds is 4. The molecule has 1 atom stereocenters. The first-order valence-electron chi connectivity index (χ1n) is 5.94. The Morgan fingerprint density at radius 3 is 2.55 bits per heavy atom. The Bertz CT molecular complexity index is 752. The van der Waals surface area contributed by atoms with Crippen LogP contribution in [-0.4, -0.2) is 31.5 Å². The van der Waals surface area contributed by atoms with Crippen LogP contribution in [-0.2, 0) is 15.0 Å². The highest BCUT2D eigenvalue weighted by Gasteiger charge is 2.38. The molecular weight excluding hydrogens is 329 g/mol. The van der Waals surface area contributed by atoms with Crippen molar-refractivity contribution in [3.63, 3.8) is 0 Å². The Kier molecular flexibility index (Phi) is 4.09. The molecule has 1 amide bonds. The third-order valence-electron chi connectivity index (χ3n) is 3.11. The minimum absolute atomic E-state index is 0.370. The lowest BCUT2D eigenvalue weighted by atomic mass is 10.1. The lowest BCUT2D eigenvalue weighted by Gasteiger charge is -2.17. The molecule has 0 spiro atoms. The Morgan fingerprint density at radius 2 is 2.00 bits per heavy atom. The molecule has 1 heterocycles. The number of carbonyl (C=O) groups is 1. The van der Waals surface area contributed by atoms with E-state index in [-0.39, 0.29) is 0 Å². The molecule has 22 heavy (non-hydrogen) atoms. The summed E-state index contributed by atoms with van der Waals surface area (Å²) in [6.45, 7) is -0.411. The van der Waals surface area contributed by atoms with Crippen molar-refractivity contribution in [3.8, 4) is 0 Å². The predicted octanol–water partition coefficient (Wildman–Crippen LogP) is 1.53. The number of nitro groups is 1. The van der Waals surface area contributed by atoms with Crippen molar-refractivity contribution in [2.75, 3.05) is 17.2 Å². The lowest BCUT2D eigenvalue weighted by Crippen LogP contribution is -2.27. The zero-order valence-electron chi connectivity index (χ0n) is 10.8. The van der Waals surface area contributed by atoms with Gasteiger partial charge in [0.2, 0.25) is 5.91 Å². The fraction of sp³-hybridized carbons (Fsp3) is 0.364. The highest BCUT2D eigenvalue weighted by atomic mass is 32.3. The van der Waals surface area contributed by atoms with E-state index in [1.165, 1.54) is 0 Å². The Labute approximate surface area is 122 Å². The van der Waals surface area contributed by atoms with Crippen LogP contribution in [0.25, 0.3) is 0 Å². The molecule has 1 fully saturated rings. The summed E-state index contributed by atoms with van der Waals surface area (Å²) in [6.07, 6.45) is -0.406. The van der Waals surface area contributed by atoms with E-state index < -0.39 is 68.7 Å². The quantitative estimate of drug-likeness (QED) is 0.471. The summed E-state index contributed by atoms with van der Waals surface area (Å²) in [6, 6.07) is 0.819. The lowest BCUT2D eigenvalue weighted by molar-refractivity contribution is -0.384. The van der Waals surface area contributed by atoms with Crippen LogP contribution in [0.3, 0.4) is 0 Å². The monoisotopic (exact) mass is 338 g/mol. The molecule has 7 nitrogen and oxygen atoms in total. The predicted molar refractivity (Wildman–Crippen MR) is 68.4 cm³/mol. The Balaban J connectivity index is 2.40. The zero-order chi connectivity index (χ0) is 16.7. The largest absolute Gasteiger partial charge is 0.304 e. The molecule has 1 saturated heterocycles. The van der Waals surface area contributed by atoms with Crippen molar-refractivity contribution >= 4 is 27.5 Å². The van der Waals surface area contributed by atoms with E-state index in [1.807, 2.05) is 0 Å². The number of carbonyl (C=O) groups excluding carboxylic acids is 1. The number of anilines is 1. The van der Waals surface area contributed by atoms with E-state index in [4.69, 9.17) is 0 Å². The average molecular weight is 338 g/mol. The Morgan fingerprint density at radius 1 is 1.36 bits per heavy atom. The zero-order valence-corrected chi connectivity index (χ0v) is 11.6. The molecule has 1 aliphatic heterocycles. The van der Waals surface area contributed by atoms with Crippen molar-refractivity contribution in [1.82, 2.24) is 0 Å². The van der Waals surface area contributed by atoms with Gasteiger partial charge in [-0.2, -0.15) is 8.42 Å². The maximum Gasteiger partial charge on any atom is 0.302 e. The van der Waals surface area contributed by atoms with E-state index in [1.54, 1.807) is 0 Å². The van der Waals surface area contributed by atoms with Crippen molar-refractivity contribution in [2.24, 2.45) is 5.92 Å². The normalized spacial score (nSPS) is 18.8. The minimum Gasteiger partial charge on any atom is -0.304 e. The smallest absolute Gasteiger partial charge is 0.302 e. The molecule has 120 valence electrons. The third kappa shape index (κ3) is 3.35. The van der Waals surface area contributed by atoms with E-state index >= 15 is 0 Å². The van der Waals surface area contributed by atoms with Crippen LogP contribution >= 0.6 is 0 Å². The molecule has 0 aromatic heterocycles. The molecule has 0 N–H and O–H groups in total. The number of hydrogen-bond acceptors (Lipinski definition) is 5. The van der Waals surface area contributed by atoms with Crippen LogP contribution in [0, 0.1) is 27.7 Å². The molecule has 1 aromatic carbocycles. The summed E-state index contributed by atoms with van der Waals surface area (Å²) < 4.78 is 60.7. The van der Waals surface area contributed by atoms with Gasteiger partial charge in [0.25, 0.3) is 5.69 Å². The molecule has 1 aliphatic rings. The number of halogens is 3. The van der Waals surface area contributed by atoms with Gasteiger partial charge in [-0.05, 0) is 0 Å². The van der Waals surface area contributed by atoms with Gasteiger partial charge in [-0.25, -0.2) is 8.78 Å². The summed E-state index contributed by atoms with van der Waals surface area (Å²) in [5, 5.41) is 10.9. The standard InChI is InChI=1S/C11H9F3N2O5S/c12-7-2-8(13)11(9(3-7)16(18)19)15-4-6(1-10(15)17)5-22(14,20)21/h2-3,6H,1,4-5H2. The van der Waals surface area contributed by atoms with Gasteiger partial charge in [0, 0.05) is 24.9 Å². The first-order valence-corrected chi connectivity index (χ1v) is 7.50. The van der Waals surface area contributed by atoms with Crippen LogP contribution in [0.15, 0.2) is 12.1 Å². The second kappa shape index (κ2) is 5.55. The highest BCUT2D eigenvalue weighted by Crippen LogP contribution is 2.36. The molecule has 2 rings (SSSR count). The van der Waals surface area contributed by atoms with Crippen LogP contribution < -0.4 is 4.90 Å². The van der Waals surface area contributed by atoms with Gasteiger partial charge in [0.1, 0.15) is 5.82 Å². The van der Waals surface area contributed by atoms with Gasteiger partial charge in [0.05, 0.1) is 16.7 Å². The molecule has 11 heteroatoms. The molecule has 1 unspecified atom stereocenters. The van der Waals surface area contributed by atoms with E-state index in [0.29, 0.717) is 17.0 Å². The molecule has 0 saturated carbocycles. The van der Waals surface area contributed by atoms with Crippen LogP contribution in [0.2, 0.25) is 0 Å². The summed E-state index contributed by atoms with van der Waals surface area (Å²) in [4.78, 5) is 22.3. The van der Waals surface area contributed by atoms with Crippen LogP contribution in [0.5, 0.6) is 0 Å². The highest BCUT2D eigenvalue weighted by molar-refractivity contribution is 7.86.